The van der Waals surface area contributed by atoms with Gasteiger partial charge in [0.05, 0.1) is 11.4 Å². The Labute approximate surface area is 240 Å². The molecule has 0 heterocycles. The second-order valence-corrected chi connectivity index (χ2v) is 11.3. The summed E-state index contributed by atoms with van der Waals surface area (Å²) >= 11 is 0. The van der Waals surface area contributed by atoms with Crippen LogP contribution in [0.5, 0.6) is 0 Å². The van der Waals surface area contributed by atoms with Gasteiger partial charge in [-0.05, 0) is 89.7 Å². The molecule has 0 aromatic heterocycles. The molecule has 6 aromatic carbocycles. The summed E-state index contributed by atoms with van der Waals surface area (Å²) in [5.74, 6) is -0.779. The Kier molecular flexibility index (Phi) is 6.88. The summed E-state index contributed by atoms with van der Waals surface area (Å²) in [4.78, 5) is 1.76. The van der Waals surface area contributed by atoms with Crippen molar-refractivity contribution in [3.63, 3.8) is 0 Å². The van der Waals surface area contributed by atoms with E-state index in [1.807, 2.05) is 75.4 Å². The second kappa shape index (κ2) is 10.7. The van der Waals surface area contributed by atoms with E-state index in [1.54, 1.807) is 23.1 Å². The molecule has 6 aromatic rings. The fraction of sp³-hybridized carbons (Fsp3) is 0.105. The molecular formula is C38H31F2N. The van der Waals surface area contributed by atoms with Gasteiger partial charge in [-0.1, -0.05) is 103 Å². The third kappa shape index (κ3) is 5.24. The molecule has 0 unspecified atom stereocenters. The van der Waals surface area contributed by atoms with E-state index >= 15 is 8.78 Å². The Balaban J connectivity index is 1.50. The summed E-state index contributed by atoms with van der Waals surface area (Å²) in [6.07, 6.45) is 0. The molecule has 0 bridgehead atoms. The monoisotopic (exact) mass is 539 g/mol. The van der Waals surface area contributed by atoms with Crippen molar-refractivity contribution in [2.75, 3.05) is 4.90 Å². The first kappa shape index (κ1) is 26.5. The van der Waals surface area contributed by atoms with Crippen LogP contribution >= 0.6 is 0 Å². The molecule has 0 fully saturated rings. The summed E-state index contributed by atoms with van der Waals surface area (Å²) in [6.45, 7) is 5.89. The number of nitrogens with zero attached hydrogens (tertiary/aromatic N) is 1. The van der Waals surface area contributed by atoms with Crippen molar-refractivity contribution >= 4 is 22.1 Å². The van der Waals surface area contributed by atoms with Gasteiger partial charge in [-0.25, -0.2) is 8.78 Å². The quantitative estimate of drug-likeness (QED) is 0.211. The third-order valence-corrected chi connectivity index (χ3v) is 7.44. The van der Waals surface area contributed by atoms with Crippen LogP contribution in [-0.2, 0) is 0 Å². The number of hydrogen-bond acceptors (Lipinski definition) is 1. The van der Waals surface area contributed by atoms with Crippen molar-refractivity contribution in [2.24, 2.45) is 0 Å². The summed E-state index contributed by atoms with van der Waals surface area (Å²) in [5.41, 5.74) is 5.36. The first-order chi connectivity index (χ1) is 19.8. The Bertz CT molecular complexity index is 1830. The molecule has 0 radical (unpaired) electrons. The average molecular weight is 540 g/mol. The highest BCUT2D eigenvalue weighted by Gasteiger charge is 2.30. The molecule has 1 nitrogen and oxygen atoms in total. The molecule has 0 saturated carbocycles. The number of halogens is 2. The normalized spacial score (nSPS) is 11.5. The lowest BCUT2D eigenvalue weighted by molar-refractivity contribution is 0.527. The summed E-state index contributed by atoms with van der Waals surface area (Å²) in [6, 6.07) is 42.9. The van der Waals surface area contributed by atoms with Crippen LogP contribution in [0.15, 0.2) is 133 Å². The molecule has 0 aliphatic heterocycles. The van der Waals surface area contributed by atoms with Crippen LogP contribution in [-0.4, -0.2) is 5.54 Å². The van der Waals surface area contributed by atoms with Crippen LogP contribution in [0, 0.1) is 11.6 Å². The SMILES string of the molecule is CC(C)(C)N(c1ccccc1F)c1cc(-c2ccc(-c3ccc4ccccc4c3)cc2)cc(-c2ccccc2)c1F. The molecule has 0 atom stereocenters. The molecule has 41 heavy (non-hydrogen) atoms. The van der Waals surface area contributed by atoms with E-state index in [2.05, 4.69) is 54.6 Å². The molecule has 0 aliphatic carbocycles. The first-order valence-corrected chi connectivity index (χ1v) is 13.8. The van der Waals surface area contributed by atoms with Crippen LogP contribution in [0.1, 0.15) is 20.8 Å². The molecular weight excluding hydrogens is 508 g/mol. The van der Waals surface area contributed by atoms with E-state index in [1.165, 1.54) is 16.8 Å². The molecule has 0 amide bonds. The highest BCUT2D eigenvalue weighted by molar-refractivity contribution is 5.88. The van der Waals surface area contributed by atoms with Gasteiger partial charge in [0, 0.05) is 11.1 Å². The van der Waals surface area contributed by atoms with E-state index in [4.69, 9.17) is 0 Å². The molecule has 0 N–H and O–H groups in total. The van der Waals surface area contributed by atoms with Gasteiger partial charge < -0.3 is 4.90 Å². The van der Waals surface area contributed by atoms with Crippen LogP contribution in [0.4, 0.5) is 20.2 Å². The predicted octanol–water partition coefficient (Wildman–Crippen LogP) is 11.1. The Morgan fingerprint density at radius 2 is 1.05 bits per heavy atom. The highest BCUT2D eigenvalue weighted by Crippen LogP contribution is 2.42. The molecule has 202 valence electrons. The van der Waals surface area contributed by atoms with E-state index in [9.17, 15) is 0 Å². The average Bonchev–Trinajstić information content (AvgIpc) is 2.99. The van der Waals surface area contributed by atoms with E-state index in [0.29, 0.717) is 16.9 Å². The molecule has 3 heteroatoms. The number of rotatable bonds is 5. The van der Waals surface area contributed by atoms with Crippen molar-refractivity contribution in [1.82, 2.24) is 0 Å². The minimum Gasteiger partial charge on any atom is -0.331 e. The van der Waals surface area contributed by atoms with Gasteiger partial charge in [-0.3, -0.25) is 0 Å². The topological polar surface area (TPSA) is 3.24 Å². The van der Waals surface area contributed by atoms with Gasteiger partial charge in [0.25, 0.3) is 0 Å². The number of hydrogen-bond donors (Lipinski definition) is 0. The minimum atomic E-state index is -0.602. The third-order valence-electron chi connectivity index (χ3n) is 7.44. The van der Waals surface area contributed by atoms with Crippen LogP contribution in [0.25, 0.3) is 44.2 Å². The van der Waals surface area contributed by atoms with Gasteiger partial charge in [-0.15, -0.1) is 0 Å². The van der Waals surface area contributed by atoms with Crippen LogP contribution in [0.2, 0.25) is 0 Å². The smallest absolute Gasteiger partial charge is 0.154 e. The Morgan fingerprint density at radius 1 is 0.463 bits per heavy atom. The van der Waals surface area contributed by atoms with E-state index in [0.717, 1.165) is 27.8 Å². The molecule has 0 aliphatic rings. The zero-order valence-electron chi connectivity index (χ0n) is 23.4. The minimum absolute atomic E-state index is 0.331. The standard InChI is InChI=1S/C38H31F2N/c1-38(2,3)41(35-16-10-9-15-34(35)39)36-25-32(24-33(37(36)40)29-12-5-4-6-13-29)28-19-17-27(18-20-28)31-22-21-26-11-7-8-14-30(26)23-31/h4-25H,1-3H3. The fourth-order valence-corrected chi connectivity index (χ4v) is 5.48. The van der Waals surface area contributed by atoms with Crippen LogP contribution in [0.3, 0.4) is 0 Å². The maximum Gasteiger partial charge on any atom is 0.154 e. The highest BCUT2D eigenvalue weighted by atomic mass is 19.1. The number of anilines is 2. The Hall–Kier alpha value is -4.76. The maximum atomic E-state index is 16.5. The zero-order valence-corrected chi connectivity index (χ0v) is 23.4. The molecule has 6 rings (SSSR count). The number of fused-ring (bicyclic) bond motifs is 1. The Morgan fingerprint density at radius 3 is 1.73 bits per heavy atom. The summed E-state index contributed by atoms with van der Waals surface area (Å²) in [7, 11) is 0. The lowest BCUT2D eigenvalue weighted by Crippen LogP contribution is -2.38. The van der Waals surface area contributed by atoms with Gasteiger partial charge in [0.15, 0.2) is 5.82 Å². The van der Waals surface area contributed by atoms with Crippen molar-refractivity contribution in [2.45, 2.75) is 26.3 Å². The van der Waals surface area contributed by atoms with Crippen molar-refractivity contribution in [1.29, 1.82) is 0 Å². The van der Waals surface area contributed by atoms with Crippen molar-refractivity contribution in [3.8, 4) is 33.4 Å². The zero-order chi connectivity index (χ0) is 28.6. The van der Waals surface area contributed by atoms with E-state index in [-0.39, 0.29) is 5.82 Å². The van der Waals surface area contributed by atoms with Crippen molar-refractivity contribution in [3.05, 3.63) is 145 Å². The molecule has 0 spiro atoms. The summed E-state index contributed by atoms with van der Waals surface area (Å²) in [5, 5.41) is 2.40. The first-order valence-electron chi connectivity index (χ1n) is 13.8. The lowest BCUT2D eigenvalue weighted by Gasteiger charge is -2.38. The number of benzene rings is 6. The summed E-state index contributed by atoms with van der Waals surface area (Å²) < 4.78 is 31.7. The fourth-order valence-electron chi connectivity index (χ4n) is 5.48. The van der Waals surface area contributed by atoms with E-state index < -0.39 is 11.4 Å². The number of para-hydroxylation sites is 1. The lowest BCUT2D eigenvalue weighted by atomic mass is 9.93. The largest absolute Gasteiger partial charge is 0.331 e. The molecule has 0 saturated heterocycles. The van der Waals surface area contributed by atoms with Crippen molar-refractivity contribution < 1.29 is 8.78 Å². The van der Waals surface area contributed by atoms with Gasteiger partial charge in [0.2, 0.25) is 0 Å². The maximum absolute atomic E-state index is 16.5. The predicted molar refractivity (Wildman–Crippen MR) is 169 cm³/mol. The van der Waals surface area contributed by atoms with Crippen LogP contribution < -0.4 is 4.90 Å². The second-order valence-electron chi connectivity index (χ2n) is 11.3. The van der Waals surface area contributed by atoms with Gasteiger partial charge in [0.1, 0.15) is 5.82 Å². The van der Waals surface area contributed by atoms with Gasteiger partial charge in [-0.2, -0.15) is 0 Å². The van der Waals surface area contributed by atoms with Gasteiger partial charge >= 0.3 is 0 Å².